The van der Waals surface area contributed by atoms with Crippen molar-refractivity contribution in [3.05, 3.63) is 68.8 Å². The van der Waals surface area contributed by atoms with Crippen molar-refractivity contribution < 1.29 is 38.4 Å². The first kappa shape index (κ1) is 25.6. The second-order valence-electron chi connectivity index (χ2n) is 8.46. The monoisotopic (exact) mass is 534 g/mol. The molecule has 0 spiro atoms. The maximum absolute atomic E-state index is 12.5. The summed E-state index contributed by atoms with van der Waals surface area (Å²) in [5.74, 6) is 0. The molecule has 0 aromatic carbocycles. The van der Waals surface area contributed by atoms with Crippen LogP contribution < -0.4 is 0 Å². The molecule has 5 heterocycles. The predicted octanol–water partition coefficient (Wildman–Crippen LogP) is 2.37. The third kappa shape index (κ3) is 3.70. The van der Waals surface area contributed by atoms with E-state index >= 15 is 0 Å². The number of allylic oxidation sites excluding steroid dienone is 2. The van der Waals surface area contributed by atoms with Crippen LogP contribution in [-0.4, -0.2) is 69.9 Å². The standard InChI is InChI=1S/C28H14N4O8/c33-6-14-3-17-4-15-1-2-16(29-15)5-24-18(7-34)21(10-37)28(32(24)13-40)23(12-39)27-20(9-36)19(8-35)26(31-27)22(11-38)25(14)30-17/h1-13,30H. The van der Waals surface area contributed by atoms with E-state index in [-0.39, 0.29) is 87.3 Å². The van der Waals surface area contributed by atoms with Gasteiger partial charge >= 0.3 is 0 Å². The summed E-state index contributed by atoms with van der Waals surface area (Å²) in [5.41, 5.74) is -2.38. The predicted molar refractivity (Wildman–Crippen MR) is 142 cm³/mol. The number of carbonyl (C=O) groups is 8. The Hall–Kier alpha value is -6.04. The number of aromatic nitrogens is 4. The van der Waals surface area contributed by atoms with Crippen molar-refractivity contribution in [1.82, 2.24) is 19.5 Å². The van der Waals surface area contributed by atoms with Crippen LogP contribution in [0.1, 0.15) is 74.6 Å². The molecule has 0 unspecified atom stereocenters. The first-order valence-electron chi connectivity index (χ1n) is 11.4. The number of nitrogens with zero attached hydrogens (tertiary/aromatic N) is 3. The molecular weight excluding hydrogens is 520 g/mol. The normalized spacial score (nSPS) is 12.1. The average molecular weight is 534 g/mol. The summed E-state index contributed by atoms with van der Waals surface area (Å²) in [6.07, 6.45) is 5.47. The van der Waals surface area contributed by atoms with Gasteiger partial charge in [0.1, 0.15) is 0 Å². The minimum Gasteiger partial charge on any atom is -0.354 e. The van der Waals surface area contributed by atoms with E-state index in [4.69, 9.17) is 0 Å². The summed E-state index contributed by atoms with van der Waals surface area (Å²) < 4.78 is 0.857. The first-order valence-corrected chi connectivity index (χ1v) is 11.4. The Morgan fingerprint density at radius 2 is 1.20 bits per heavy atom. The highest BCUT2D eigenvalue weighted by atomic mass is 16.1. The fourth-order valence-electron chi connectivity index (χ4n) is 4.75. The SMILES string of the molecule is O=CC1=C(C=O)c2nc1c(C=O)c1[nH]c(cc3nc(cc4c(C=O)c(C=O)c(c2C=O)n4C=O)C=C3)cc1C=O. The molecule has 1 N–H and O–H groups in total. The highest BCUT2D eigenvalue weighted by molar-refractivity contribution is 6.33. The summed E-state index contributed by atoms with van der Waals surface area (Å²) in [7, 11) is 0. The molecule has 194 valence electrons. The van der Waals surface area contributed by atoms with Gasteiger partial charge in [-0.3, -0.25) is 42.9 Å². The number of carbonyl (C=O) groups excluding carboxylic acids is 8. The molecular formula is C28H14N4O8. The number of fused-ring (bicyclic) bond motifs is 8. The van der Waals surface area contributed by atoms with Gasteiger partial charge < -0.3 is 4.98 Å². The second-order valence-corrected chi connectivity index (χ2v) is 8.46. The van der Waals surface area contributed by atoms with Crippen molar-refractivity contribution in [3.63, 3.8) is 0 Å². The van der Waals surface area contributed by atoms with Gasteiger partial charge in [0.15, 0.2) is 44.0 Å². The Balaban J connectivity index is 2.20. The van der Waals surface area contributed by atoms with Crippen LogP contribution in [0.3, 0.4) is 0 Å². The van der Waals surface area contributed by atoms with Gasteiger partial charge in [0.2, 0.25) is 6.41 Å². The van der Waals surface area contributed by atoms with Crippen LogP contribution in [0.5, 0.6) is 0 Å². The molecule has 3 aromatic rings. The van der Waals surface area contributed by atoms with Crippen molar-refractivity contribution in [3.8, 4) is 0 Å². The lowest BCUT2D eigenvalue weighted by Crippen LogP contribution is -2.01. The largest absolute Gasteiger partial charge is 0.354 e. The van der Waals surface area contributed by atoms with Crippen molar-refractivity contribution in [2.75, 3.05) is 0 Å². The van der Waals surface area contributed by atoms with Crippen LogP contribution >= 0.6 is 0 Å². The number of H-pyrrole nitrogens is 1. The summed E-state index contributed by atoms with van der Waals surface area (Å²) in [6.45, 7) is 0. The molecule has 0 saturated heterocycles. The number of aldehydes is 7. The van der Waals surface area contributed by atoms with Crippen molar-refractivity contribution in [2.45, 2.75) is 0 Å². The Kier molecular flexibility index (Phi) is 6.41. The Labute approximate surface area is 222 Å². The Morgan fingerprint density at radius 1 is 0.600 bits per heavy atom. The topological polar surface area (TPSA) is 183 Å². The highest BCUT2D eigenvalue weighted by Gasteiger charge is 2.28. The van der Waals surface area contributed by atoms with Crippen molar-refractivity contribution in [2.24, 2.45) is 0 Å². The molecule has 5 rings (SSSR count). The van der Waals surface area contributed by atoms with E-state index in [0.29, 0.717) is 30.1 Å². The fourth-order valence-corrected chi connectivity index (χ4v) is 4.75. The highest BCUT2D eigenvalue weighted by Crippen LogP contribution is 2.34. The number of hydrogen-bond donors (Lipinski definition) is 1. The number of aromatic amines is 1. The quantitative estimate of drug-likeness (QED) is 0.329. The van der Waals surface area contributed by atoms with Crippen LogP contribution in [0, 0.1) is 0 Å². The Morgan fingerprint density at radius 3 is 1.75 bits per heavy atom. The van der Waals surface area contributed by atoms with E-state index in [9.17, 15) is 38.4 Å². The molecule has 0 radical (unpaired) electrons. The smallest absolute Gasteiger partial charge is 0.218 e. The molecule has 0 fully saturated rings. The second kappa shape index (κ2) is 10.0. The molecule has 3 aromatic heterocycles. The third-order valence-corrected chi connectivity index (χ3v) is 6.46. The van der Waals surface area contributed by atoms with Gasteiger partial charge in [-0.05, 0) is 30.4 Å². The molecule has 12 heteroatoms. The van der Waals surface area contributed by atoms with Gasteiger partial charge in [-0.1, -0.05) is 0 Å². The van der Waals surface area contributed by atoms with E-state index in [0.717, 1.165) is 4.57 Å². The van der Waals surface area contributed by atoms with E-state index < -0.39 is 16.8 Å². The van der Waals surface area contributed by atoms with Crippen LogP contribution in [0.4, 0.5) is 0 Å². The van der Waals surface area contributed by atoms with Crippen molar-refractivity contribution in [1.29, 1.82) is 0 Å². The zero-order chi connectivity index (χ0) is 28.6. The lowest BCUT2D eigenvalue weighted by Gasteiger charge is -2.01. The molecule has 0 saturated carbocycles. The fraction of sp³-hybridized carbons (Fsp3) is 0. The maximum Gasteiger partial charge on any atom is 0.218 e. The number of nitrogens with one attached hydrogen (secondary N) is 1. The summed E-state index contributed by atoms with van der Waals surface area (Å²) in [5, 5.41) is 0. The van der Waals surface area contributed by atoms with Crippen LogP contribution in [0.25, 0.3) is 45.4 Å². The molecule has 0 aliphatic carbocycles. The molecule has 40 heavy (non-hydrogen) atoms. The van der Waals surface area contributed by atoms with E-state index in [1.165, 1.54) is 12.1 Å². The van der Waals surface area contributed by atoms with Gasteiger partial charge in [-0.25, -0.2) is 9.97 Å². The lowest BCUT2D eigenvalue weighted by atomic mass is 10.0. The minimum absolute atomic E-state index is 0.0192. The maximum atomic E-state index is 12.5. The van der Waals surface area contributed by atoms with Gasteiger partial charge in [-0.15, -0.1) is 0 Å². The first-order chi connectivity index (χ1) is 19.5. The lowest BCUT2D eigenvalue weighted by molar-refractivity contribution is -0.104. The van der Waals surface area contributed by atoms with Gasteiger partial charge in [0.05, 0.1) is 72.7 Å². The van der Waals surface area contributed by atoms with E-state index in [2.05, 4.69) is 15.0 Å². The molecule has 2 aliphatic heterocycles. The zero-order valence-corrected chi connectivity index (χ0v) is 20.1. The number of hydrogen-bond acceptors (Lipinski definition) is 10. The minimum atomic E-state index is -0.488. The van der Waals surface area contributed by atoms with Crippen LogP contribution in [0.2, 0.25) is 0 Å². The third-order valence-electron chi connectivity index (χ3n) is 6.46. The van der Waals surface area contributed by atoms with Gasteiger partial charge in [0, 0.05) is 11.1 Å². The Bertz CT molecular complexity index is 1960. The van der Waals surface area contributed by atoms with Gasteiger partial charge in [0.25, 0.3) is 0 Å². The molecule has 0 atom stereocenters. The van der Waals surface area contributed by atoms with E-state index in [1.807, 2.05) is 0 Å². The summed E-state index contributed by atoms with van der Waals surface area (Å²) in [4.78, 5) is 109. The molecule has 12 nitrogen and oxygen atoms in total. The summed E-state index contributed by atoms with van der Waals surface area (Å²) in [6, 6.07) is 4.32. The van der Waals surface area contributed by atoms with E-state index in [1.54, 1.807) is 18.2 Å². The summed E-state index contributed by atoms with van der Waals surface area (Å²) >= 11 is 0. The van der Waals surface area contributed by atoms with Crippen LogP contribution in [0.15, 0.2) is 18.2 Å². The molecule has 0 amide bonds. The zero-order valence-electron chi connectivity index (χ0n) is 20.1. The average Bonchev–Trinajstić information content (AvgIpc) is 3.73. The van der Waals surface area contributed by atoms with Crippen molar-refractivity contribution >= 4 is 95.8 Å². The van der Waals surface area contributed by atoms with Crippen LogP contribution in [-0.2, 0) is 14.4 Å². The number of rotatable bonds is 8. The molecule has 8 bridgehead atoms. The van der Waals surface area contributed by atoms with Gasteiger partial charge in [-0.2, -0.15) is 0 Å². The molecule has 2 aliphatic rings.